The number of allylic oxidation sites excluding steroid dienone is 4. The van der Waals surface area contributed by atoms with Gasteiger partial charge in [0.2, 0.25) is 0 Å². The summed E-state index contributed by atoms with van der Waals surface area (Å²) in [7, 11) is 0. The second kappa shape index (κ2) is 38.5. The van der Waals surface area contributed by atoms with E-state index in [0.717, 1.165) is 25.8 Å². The Bertz CT molecular complexity index is 535. The number of hydroxylamine groups is 1. The van der Waals surface area contributed by atoms with Gasteiger partial charge >= 0.3 is 5.97 Å². The first-order valence-corrected chi connectivity index (χ1v) is 17.5. The number of carbonyl (C=O) groups excluding carboxylic acids is 1. The number of hydrogen-bond acceptors (Lipinski definition) is 3. The predicted octanol–water partition coefficient (Wildman–Crippen LogP) is 12.1. The van der Waals surface area contributed by atoms with Gasteiger partial charge in [0.1, 0.15) is 0 Å². The van der Waals surface area contributed by atoms with Crippen molar-refractivity contribution in [1.82, 2.24) is 5.48 Å². The average molecular weight is 613 g/mol. The van der Waals surface area contributed by atoms with Crippen molar-refractivity contribution in [2.45, 2.75) is 194 Å². The molecule has 0 aliphatic rings. The van der Waals surface area contributed by atoms with Crippen LogP contribution in [-0.2, 0) is 29.1 Å². The molecule has 0 amide bonds. The topological polar surface area (TPSA) is 38.3 Å². The Labute approximate surface area is 264 Å². The Morgan fingerprint density at radius 1 is 0.475 bits per heavy atom. The van der Waals surface area contributed by atoms with Gasteiger partial charge in [0, 0.05) is 32.4 Å². The Morgan fingerprint density at radius 3 is 1.20 bits per heavy atom. The SMILES string of the molecule is CCCCCCCC/C=C\CCCCCCCCNOC(=O)CCCCCCC/C=C\CCCCCCCC.[Zn]. The summed E-state index contributed by atoms with van der Waals surface area (Å²) < 4.78 is 0. The van der Waals surface area contributed by atoms with Crippen LogP contribution in [0, 0.1) is 0 Å². The molecule has 0 aromatic rings. The molecule has 0 aliphatic heterocycles. The van der Waals surface area contributed by atoms with Crippen molar-refractivity contribution in [3.63, 3.8) is 0 Å². The third-order valence-electron chi connectivity index (χ3n) is 7.62. The van der Waals surface area contributed by atoms with Gasteiger partial charge in [0.25, 0.3) is 0 Å². The zero-order valence-corrected chi connectivity index (χ0v) is 30.3. The summed E-state index contributed by atoms with van der Waals surface area (Å²) >= 11 is 0. The molecule has 0 spiro atoms. The van der Waals surface area contributed by atoms with E-state index in [0.29, 0.717) is 6.42 Å². The normalized spacial score (nSPS) is 11.4. The zero-order valence-electron chi connectivity index (χ0n) is 27.3. The molecule has 0 aromatic heterocycles. The van der Waals surface area contributed by atoms with Crippen LogP contribution in [0.2, 0.25) is 0 Å². The molecular weight excluding hydrogens is 544 g/mol. The fraction of sp³-hybridized carbons (Fsp3) is 0.861. The van der Waals surface area contributed by atoms with Crippen LogP contribution in [0.3, 0.4) is 0 Å². The third kappa shape index (κ3) is 37.5. The van der Waals surface area contributed by atoms with E-state index in [1.54, 1.807) is 0 Å². The summed E-state index contributed by atoms with van der Waals surface area (Å²) in [6, 6.07) is 0. The number of hydrogen-bond donors (Lipinski definition) is 1. The minimum atomic E-state index is -0.0998. The predicted molar refractivity (Wildman–Crippen MR) is 173 cm³/mol. The van der Waals surface area contributed by atoms with Gasteiger partial charge in [0.05, 0.1) is 0 Å². The van der Waals surface area contributed by atoms with Gasteiger partial charge in [-0.15, -0.1) is 0 Å². The van der Waals surface area contributed by atoms with Crippen LogP contribution in [0.25, 0.3) is 0 Å². The van der Waals surface area contributed by atoms with Crippen molar-refractivity contribution in [3.05, 3.63) is 24.3 Å². The van der Waals surface area contributed by atoms with Gasteiger partial charge in [-0.25, -0.2) is 0 Å². The Morgan fingerprint density at radius 2 is 0.800 bits per heavy atom. The molecule has 0 saturated heterocycles. The molecule has 0 radical (unpaired) electrons. The van der Waals surface area contributed by atoms with Gasteiger partial charge in [-0.2, -0.15) is 5.48 Å². The summed E-state index contributed by atoms with van der Waals surface area (Å²) in [5.74, 6) is -0.0998. The molecular formula is C36H69NO2Zn. The van der Waals surface area contributed by atoms with Crippen molar-refractivity contribution in [2.75, 3.05) is 6.54 Å². The number of unbranched alkanes of at least 4 members (excludes halogenated alkanes) is 23. The number of nitrogens with one attached hydrogen (secondary N) is 1. The fourth-order valence-electron chi connectivity index (χ4n) is 4.97. The Balaban J connectivity index is 0. The standard InChI is InChI=1S/C36H69NO2.Zn/c1-3-5-7-9-11-13-15-17-19-21-23-25-27-29-31-33-35-37-39-36(38)34-32-30-28-26-24-22-20-18-16-14-12-10-8-6-4-2;/h17-20,37H,3-16,21-35H2,1-2H3;/b19-17-,20-18-;. The van der Waals surface area contributed by atoms with Crippen LogP contribution in [0.1, 0.15) is 194 Å². The van der Waals surface area contributed by atoms with Gasteiger partial charge in [-0.3, -0.25) is 4.79 Å². The van der Waals surface area contributed by atoms with Crippen LogP contribution in [0.4, 0.5) is 0 Å². The summed E-state index contributed by atoms with van der Waals surface area (Å²) in [4.78, 5) is 17.0. The molecule has 40 heavy (non-hydrogen) atoms. The molecule has 0 atom stereocenters. The van der Waals surface area contributed by atoms with Crippen LogP contribution >= 0.6 is 0 Å². The van der Waals surface area contributed by atoms with Crippen molar-refractivity contribution in [3.8, 4) is 0 Å². The van der Waals surface area contributed by atoms with Crippen molar-refractivity contribution >= 4 is 5.97 Å². The van der Waals surface area contributed by atoms with E-state index in [1.165, 1.54) is 154 Å². The average Bonchev–Trinajstić information content (AvgIpc) is 2.94. The van der Waals surface area contributed by atoms with Crippen LogP contribution in [-0.4, -0.2) is 12.5 Å². The molecule has 0 aromatic carbocycles. The largest absolute Gasteiger partial charge is 0.371 e. The summed E-state index contributed by atoms with van der Waals surface area (Å²) in [6.45, 7) is 5.33. The smallest absolute Gasteiger partial charge is 0.324 e. The molecule has 3 nitrogen and oxygen atoms in total. The molecule has 4 heteroatoms. The van der Waals surface area contributed by atoms with Crippen LogP contribution in [0.5, 0.6) is 0 Å². The molecule has 0 heterocycles. The molecule has 232 valence electrons. The first-order chi connectivity index (χ1) is 19.3. The Kier molecular flexibility index (Phi) is 40.1. The van der Waals surface area contributed by atoms with Gasteiger partial charge < -0.3 is 4.84 Å². The first-order valence-electron chi connectivity index (χ1n) is 17.5. The maximum Gasteiger partial charge on any atom is 0.324 e. The van der Waals surface area contributed by atoms with E-state index in [-0.39, 0.29) is 25.4 Å². The fourth-order valence-corrected chi connectivity index (χ4v) is 4.97. The van der Waals surface area contributed by atoms with Crippen molar-refractivity contribution in [2.24, 2.45) is 0 Å². The number of carbonyl (C=O) groups is 1. The maximum absolute atomic E-state index is 11.8. The quantitative estimate of drug-likeness (QED) is 0.0355. The van der Waals surface area contributed by atoms with E-state index in [9.17, 15) is 4.79 Å². The van der Waals surface area contributed by atoms with E-state index < -0.39 is 0 Å². The van der Waals surface area contributed by atoms with Crippen LogP contribution < -0.4 is 5.48 Å². The second-order valence-corrected chi connectivity index (χ2v) is 11.6. The summed E-state index contributed by atoms with van der Waals surface area (Å²) in [6.07, 6.45) is 45.0. The van der Waals surface area contributed by atoms with E-state index in [1.807, 2.05) is 0 Å². The minimum Gasteiger partial charge on any atom is -0.371 e. The third-order valence-corrected chi connectivity index (χ3v) is 7.62. The second-order valence-electron chi connectivity index (χ2n) is 11.6. The monoisotopic (exact) mass is 611 g/mol. The molecule has 0 rings (SSSR count). The van der Waals surface area contributed by atoms with Crippen molar-refractivity contribution in [1.29, 1.82) is 0 Å². The molecule has 0 aliphatic carbocycles. The molecule has 0 bridgehead atoms. The zero-order chi connectivity index (χ0) is 28.3. The molecule has 0 unspecified atom stereocenters. The molecule has 1 N–H and O–H groups in total. The van der Waals surface area contributed by atoms with E-state index >= 15 is 0 Å². The van der Waals surface area contributed by atoms with Crippen molar-refractivity contribution < 1.29 is 29.1 Å². The van der Waals surface area contributed by atoms with E-state index in [2.05, 4.69) is 43.6 Å². The summed E-state index contributed by atoms with van der Waals surface area (Å²) in [5.41, 5.74) is 2.87. The van der Waals surface area contributed by atoms with Gasteiger partial charge in [0.15, 0.2) is 0 Å². The maximum atomic E-state index is 11.8. The van der Waals surface area contributed by atoms with Gasteiger partial charge in [-0.05, 0) is 64.2 Å². The summed E-state index contributed by atoms with van der Waals surface area (Å²) in [5, 5.41) is 0. The Hall–Kier alpha value is -0.467. The van der Waals surface area contributed by atoms with E-state index in [4.69, 9.17) is 4.84 Å². The minimum absolute atomic E-state index is 0. The number of rotatable bonds is 32. The molecule has 0 fully saturated rings. The van der Waals surface area contributed by atoms with Crippen LogP contribution in [0.15, 0.2) is 24.3 Å². The van der Waals surface area contributed by atoms with Gasteiger partial charge in [-0.1, -0.05) is 147 Å². The molecule has 0 saturated carbocycles. The first kappa shape index (κ1) is 41.7.